The average Bonchev–Trinajstić information content (AvgIpc) is 3.01. The van der Waals surface area contributed by atoms with Gasteiger partial charge in [-0.2, -0.15) is 5.10 Å². The van der Waals surface area contributed by atoms with Crippen molar-refractivity contribution in [3.8, 4) is 5.75 Å². The van der Waals surface area contributed by atoms with Crippen molar-refractivity contribution in [1.29, 1.82) is 0 Å². The van der Waals surface area contributed by atoms with Crippen molar-refractivity contribution in [2.24, 2.45) is 4.99 Å². The molecule has 2 heterocycles. The number of benzene rings is 1. The summed E-state index contributed by atoms with van der Waals surface area (Å²) in [5, 5.41) is 13.8. The fourth-order valence-corrected chi connectivity index (χ4v) is 2.05. The van der Waals surface area contributed by atoms with E-state index in [9.17, 15) is 9.90 Å². The maximum atomic E-state index is 11.7. The molecule has 0 atom stereocenters. The molecule has 0 bridgehead atoms. The van der Waals surface area contributed by atoms with Crippen LogP contribution < -0.4 is 5.63 Å². The molecule has 3 rings (SSSR count). The van der Waals surface area contributed by atoms with E-state index >= 15 is 0 Å². The molecule has 2 aromatic heterocycles. The number of hydrogen-bond donors (Lipinski definition) is 1. The minimum atomic E-state index is -0.617. The topological polar surface area (TPSA) is 93.5 Å². The van der Waals surface area contributed by atoms with Crippen molar-refractivity contribution in [3.05, 3.63) is 70.3 Å². The molecule has 23 heavy (non-hydrogen) atoms. The third kappa shape index (κ3) is 3.52. The van der Waals surface area contributed by atoms with Gasteiger partial charge in [0.1, 0.15) is 29.7 Å². The fraction of sp³-hybridized carbons (Fsp3) is 0.125. The highest BCUT2D eigenvalue weighted by atomic mass is 16.4. The van der Waals surface area contributed by atoms with Gasteiger partial charge in [-0.1, -0.05) is 12.1 Å². The van der Waals surface area contributed by atoms with Gasteiger partial charge in [0.05, 0.1) is 12.2 Å². The summed E-state index contributed by atoms with van der Waals surface area (Å²) < 4.78 is 6.65. The molecule has 0 amide bonds. The Morgan fingerprint density at radius 2 is 2.13 bits per heavy atom. The summed E-state index contributed by atoms with van der Waals surface area (Å²) in [6.07, 6.45) is 4.43. The zero-order valence-corrected chi connectivity index (χ0v) is 12.4. The first-order valence-electron chi connectivity index (χ1n) is 6.91. The summed E-state index contributed by atoms with van der Waals surface area (Å²) >= 11 is 0. The first-order valence-corrected chi connectivity index (χ1v) is 6.91. The van der Waals surface area contributed by atoms with Crippen LogP contribution in [-0.4, -0.2) is 26.1 Å². The smallest absolute Gasteiger partial charge is 0.348 e. The highest BCUT2D eigenvalue weighted by Gasteiger charge is 2.06. The second kappa shape index (κ2) is 6.27. The van der Waals surface area contributed by atoms with Crippen LogP contribution in [0.2, 0.25) is 0 Å². The average molecular weight is 310 g/mol. The third-order valence-corrected chi connectivity index (χ3v) is 3.18. The summed E-state index contributed by atoms with van der Waals surface area (Å²) in [5.41, 5.74) is 1.12. The van der Waals surface area contributed by atoms with Crippen LogP contribution in [0.3, 0.4) is 0 Å². The molecule has 0 aliphatic carbocycles. The molecule has 7 nitrogen and oxygen atoms in total. The number of rotatable bonds is 4. The molecule has 0 saturated heterocycles. The van der Waals surface area contributed by atoms with E-state index in [1.54, 1.807) is 17.9 Å². The molecular weight excluding hydrogens is 296 g/mol. The lowest BCUT2D eigenvalue weighted by Crippen LogP contribution is -2.07. The van der Waals surface area contributed by atoms with Gasteiger partial charge in [0.15, 0.2) is 0 Å². The van der Waals surface area contributed by atoms with E-state index in [0.717, 1.165) is 5.56 Å². The van der Waals surface area contributed by atoms with E-state index in [1.165, 1.54) is 18.6 Å². The second-order valence-electron chi connectivity index (χ2n) is 4.96. The van der Waals surface area contributed by atoms with Crippen LogP contribution in [0, 0.1) is 6.92 Å². The van der Waals surface area contributed by atoms with Crippen LogP contribution in [0.4, 0.5) is 5.69 Å². The molecule has 3 aromatic rings. The monoisotopic (exact) mass is 310 g/mol. The van der Waals surface area contributed by atoms with E-state index < -0.39 is 5.63 Å². The van der Waals surface area contributed by atoms with Gasteiger partial charge in [-0.15, -0.1) is 0 Å². The number of aliphatic imine (C=N–C) groups is 1. The first kappa shape index (κ1) is 14.7. The summed E-state index contributed by atoms with van der Waals surface area (Å²) in [6, 6.07) is 8.83. The standard InChI is InChI=1S/C16H14N4O3/c1-11-6-15(21)14(16(22)23-11)7-18-13-4-2-12(3-5-13)8-20-10-17-9-19-20/h2-7,9-10,21H,8H2,1H3. The van der Waals surface area contributed by atoms with Crippen LogP contribution in [0.15, 0.2) is 57.2 Å². The molecule has 0 fully saturated rings. The van der Waals surface area contributed by atoms with Crippen molar-refractivity contribution in [2.75, 3.05) is 0 Å². The van der Waals surface area contributed by atoms with Crippen molar-refractivity contribution in [1.82, 2.24) is 14.8 Å². The van der Waals surface area contributed by atoms with Gasteiger partial charge in [-0.05, 0) is 24.6 Å². The molecule has 1 aromatic carbocycles. The first-order chi connectivity index (χ1) is 11.1. The maximum Gasteiger partial charge on any atom is 0.348 e. The Morgan fingerprint density at radius 3 is 2.78 bits per heavy atom. The predicted octanol–water partition coefficient (Wildman–Crippen LogP) is 2.04. The van der Waals surface area contributed by atoms with Gasteiger partial charge >= 0.3 is 5.63 Å². The number of hydrogen-bond acceptors (Lipinski definition) is 6. The molecule has 0 radical (unpaired) electrons. The molecule has 116 valence electrons. The molecule has 0 saturated carbocycles. The fourth-order valence-electron chi connectivity index (χ4n) is 2.05. The lowest BCUT2D eigenvalue weighted by molar-refractivity contribution is 0.433. The van der Waals surface area contributed by atoms with Crippen LogP contribution in [0.5, 0.6) is 5.75 Å². The van der Waals surface area contributed by atoms with Gasteiger partial charge in [0.25, 0.3) is 0 Å². The van der Waals surface area contributed by atoms with Gasteiger partial charge in [0, 0.05) is 12.3 Å². The SMILES string of the molecule is Cc1cc(O)c(C=Nc2ccc(Cn3cncn3)cc2)c(=O)o1. The summed E-state index contributed by atoms with van der Waals surface area (Å²) in [6.45, 7) is 2.21. The summed E-state index contributed by atoms with van der Waals surface area (Å²) in [5.74, 6) is 0.201. The summed E-state index contributed by atoms with van der Waals surface area (Å²) in [4.78, 5) is 19.8. The van der Waals surface area contributed by atoms with Gasteiger partial charge in [-0.25, -0.2) is 14.5 Å². The highest BCUT2D eigenvalue weighted by molar-refractivity contribution is 5.84. The van der Waals surface area contributed by atoms with Crippen molar-refractivity contribution >= 4 is 11.9 Å². The van der Waals surface area contributed by atoms with E-state index in [0.29, 0.717) is 18.0 Å². The van der Waals surface area contributed by atoms with Crippen molar-refractivity contribution < 1.29 is 9.52 Å². The van der Waals surface area contributed by atoms with Crippen molar-refractivity contribution in [2.45, 2.75) is 13.5 Å². The molecule has 0 spiro atoms. The predicted molar refractivity (Wildman–Crippen MR) is 84.2 cm³/mol. The highest BCUT2D eigenvalue weighted by Crippen LogP contribution is 2.16. The molecule has 7 heteroatoms. The Morgan fingerprint density at radius 1 is 1.35 bits per heavy atom. The minimum absolute atomic E-state index is 0.0299. The number of nitrogens with zero attached hydrogens (tertiary/aromatic N) is 4. The molecule has 0 aliphatic rings. The number of aromatic hydroxyl groups is 1. The van der Waals surface area contributed by atoms with Crippen LogP contribution in [0.25, 0.3) is 0 Å². The molecule has 0 unspecified atom stereocenters. The zero-order valence-electron chi connectivity index (χ0n) is 12.4. The third-order valence-electron chi connectivity index (χ3n) is 3.18. The quantitative estimate of drug-likeness (QED) is 0.744. The Balaban J connectivity index is 1.77. The Kier molecular flexibility index (Phi) is 4.01. The molecule has 0 aliphatic heterocycles. The molecular formula is C16H14N4O3. The van der Waals surface area contributed by atoms with Gasteiger partial charge in [-0.3, -0.25) is 4.99 Å². The molecule has 1 N–H and O–H groups in total. The van der Waals surface area contributed by atoms with Crippen LogP contribution >= 0.6 is 0 Å². The second-order valence-corrected chi connectivity index (χ2v) is 4.96. The number of aromatic nitrogens is 3. The van der Waals surface area contributed by atoms with Gasteiger partial charge in [0.2, 0.25) is 0 Å². The number of aryl methyl sites for hydroxylation is 1. The van der Waals surface area contributed by atoms with E-state index in [1.807, 2.05) is 24.3 Å². The summed E-state index contributed by atoms with van der Waals surface area (Å²) in [7, 11) is 0. The maximum absolute atomic E-state index is 11.7. The van der Waals surface area contributed by atoms with E-state index in [4.69, 9.17) is 4.42 Å². The Hall–Kier alpha value is -3.22. The van der Waals surface area contributed by atoms with E-state index in [2.05, 4.69) is 15.1 Å². The Labute approximate surface area is 131 Å². The lowest BCUT2D eigenvalue weighted by atomic mass is 10.2. The normalized spacial score (nSPS) is 11.2. The largest absolute Gasteiger partial charge is 0.507 e. The van der Waals surface area contributed by atoms with Gasteiger partial charge < -0.3 is 9.52 Å². The minimum Gasteiger partial charge on any atom is -0.507 e. The lowest BCUT2D eigenvalue weighted by Gasteiger charge is -2.02. The van der Waals surface area contributed by atoms with Crippen LogP contribution in [-0.2, 0) is 6.54 Å². The van der Waals surface area contributed by atoms with Crippen molar-refractivity contribution in [3.63, 3.8) is 0 Å². The van der Waals surface area contributed by atoms with Crippen LogP contribution in [0.1, 0.15) is 16.9 Å². The Bertz CT molecular complexity index is 881. The van der Waals surface area contributed by atoms with E-state index in [-0.39, 0.29) is 11.3 Å². The zero-order chi connectivity index (χ0) is 16.2.